The maximum absolute atomic E-state index is 13.0. The molecule has 1 heterocycles. The minimum Gasteiger partial charge on any atom is -0.492 e. The Hall–Kier alpha value is -2.80. The van der Waals surface area contributed by atoms with Crippen molar-refractivity contribution in [3.63, 3.8) is 0 Å². The first-order valence-electron chi connectivity index (χ1n) is 9.66. The number of nitrogens with two attached hydrogens (primary N) is 1. The fraction of sp³-hybridized carbons (Fsp3) is 0.381. The molecule has 1 saturated carbocycles. The van der Waals surface area contributed by atoms with Gasteiger partial charge in [-0.15, -0.1) is 0 Å². The van der Waals surface area contributed by atoms with Crippen LogP contribution in [0.3, 0.4) is 0 Å². The van der Waals surface area contributed by atoms with E-state index in [9.17, 15) is 9.59 Å². The van der Waals surface area contributed by atoms with Crippen molar-refractivity contribution in [3.05, 3.63) is 53.3 Å². The maximum atomic E-state index is 13.0. The van der Waals surface area contributed by atoms with Crippen LogP contribution < -0.4 is 15.8 Å². The molecular formula is C21H25ClN4O3. The van der Waals surface area contributed by atoms with E-state index < -0.39 is 5.91 Å². The molecule has 0 spiro atoms. The van der Waals surface area contributed by atoms with E-state index in [1.165, 1.54) is 0 Å². The zero-order valence-electron chi connectivity index (χ0n) is 16.1. The summed E-state index contributed by atoms with van der Waals surface area (Å²) in [4.78, 5) is 29.8. The van der Waals surface area contributed by atoms with Crippen LogP contribution in [-0.2, 0) is 4.79 Å². The molecule has 7 nitrogen and oxygen atoms in total. The number of hydrogen-bond donors (Lipinski definition) is 2. The molecule has 0 atom stereocenters. The predicted molar refractivity (Wildman–Crippen MR) is 112 cm³/mol. The summed E-state index contributed by atoms with van der Waals surface area (Å²) in [6, 6.07) is 8.73. The van der Waals surface area contributed by atoms with Gasteiger partial charge in [0.25, 0.3) is 5.91 Å². The molecule has 3 rings (SSSR count). The molecule has 3 N–H and O–H groups in total. The number of nitrogens with zero attached hydrogens (tertiary/aromatic N) is 2. The number of nitrogens with one attached hydrogen (secondary N) is 1. The van der Waals surface area contributed by atoms with E-state index in [1.807, 2.05) is 12.1 Å². The van der Waals surface area contributed by atoms with Gasteiger partial charge in [-0.2, -0.15) is 0 Å². The molecule has 1 aromatic carbocycles. The number of hydrogen-bond acceptors (Lipinski definition) is 5. The quantitative estimate of drug-likeness (QED) is 0.549. The average molecular weight is 417 g/mol. The van der Waals surface area contributed by atoms with Crippen molar-refractivity contribution < 1.29 is 14.3 Å². The maximum Gasteiger partial charge on any atom is 0.254 e. The fourth-order valence-corrected chi connectivity index (χ4v) is 3.14. The lowest BCUT2D eigenvalue weighted by molar-refractivity contribution is -0.118. The van der Waals surface area contributed by atoms with E-state index in [1.54, 1.807) is 35.5 Å². The molecular weight excluding hydrogens is 392 g/mol. The normalized spacial score (nSPS) is 13.0. The predicted octanol–water partition coefficient (Wildman–Crippen LogP) is 2.95. The molecule has 0 unspecified atom stereocenters. The molecule has 1 aliphatic rings. The highest BCUT2D eigenvalue weighted by Gasteiger charge is 2.27. The van der Waals surface area contributed by atoms with Crippen LogP contribution in [-0.4, -0.2) is 47.9 Å². The van der Waals surface area contributed by atoms with Crippen LogP contribution in [0.25, 0.3) is 0 Å². The van der Waals surface area contributed by atoms with Gasteiger partial charge in [-0.1, -0.05) is 11.6 Å². The molecule has 0 bridgehead atoms. The number of benzene rings is 1. The molecule has 1 aromatic heterocycles. The fourth-order valence-electron chi connectivity index (χ4n) is 2.92. The van der Waals surface area contributed by atoms with E-state index in [0.29, 0.717) is 48.5 Å². The van der Waals surface area contributed by atoms with E-state index >= 15 is 0 Å². The number of primary amides is 1. The van der Waals surface area contributed by atoms with Crippen molar-refractivity contribution >= 4 is 29.1 Å². The van der Waals surface area contributed by atoms with Crippen molar-refractivity contribution in [1.29, 1.82) is 0 Å². The van der Waals surface area contributed by atoms with Gasteiger partial charge in [0.1, 0.15) is 12.4 Å². The molecule has 0 saturated heterocycles. The number of ether oxygens (including phenoxy) is 1. The van der Waals surface area contributed by atoms with Gasteiger partial charge in [0, 0.05) is 54.7 Å². The van der Waals surface area contributed by atoms with E-state index in [4.69, 9.17) is 22.1 Å². The first-order chi connectivity index (χ1) is 14.0. The minimum absolute atomic E-state index is 0.142. The second kappa shape index (κ2) is 10.1. The molecule has 2 aromatic rings. The minimum atomic E-state index is -0.421. The third-order valence-corrected chi connectivity index (χ3v) is 4.81. The molecule has 1 fully saturated rings. The third-order valence-electron chi connectivity index (χ3n) is 4.59. The molecule has 154 valence electrons. The van der Waals surface area contributed by atoms with Crippen molar-refractivity contribution in [2.45, 2.75) is 19.3 Å². The van der Waals surface area contributed by atoms with Crippen molar-refractivity contribution in [1.82, 2.24) is 9.88 Å². The highest BCUT2D eigenvalue weighted by Crippen LogP contribution is 2.31. The number of anilines is 1. The largest absolute Gasteiger partial charge is 0.492 e. The van der Waals surface area contributed by atoms with Crippen LogP contribution in [0.5, 0.6) is 5.75 Å². The van der Waals surface area contributed by atoms with Crippen LogP contribution >= 0.6 is 11.6 Å². The molecule has 2 amide bonds. The number of carbonyl (C=O) groups excluding carboxylic acids is 2. The van der Waals surface area contributed by atoms with Crippen LogP contribution in [0.4, 0.5) is 5.69 Å². The second-order valence-corrected chi connectivity index (χ2v) is 7.53. The molecule has 8 heteroatoms. The topological polar surface area (TPSA) is 97.6 Å². The Labute approximate surface area is 175 Å². The zero-order valence-corrected chi connectivity index (χ0v) is 16.9. The summed E-state index contributed by atoms with van der Waals surface area (Å²) >= 11 is 6.21. The highest BCUT2D eigenvalue weighted by atomic mass is 35.5. The van der Waals surface area contributed by atoms with E-state index in [2.05, 4.69) is 10.3 Å². The van der Waals surface area contributed by atoms with E-state index in [0.717, 1.165) is 18.5 Å². The number of amides is 2. The van der Waals surface area contributed by atoms with Crippen LogP contribution in [0, 0.1) is 5.92 Å². The van der Waals surface area contributed by atoms with E-state index in [-0.39, 0.29) is 12.3 Å². The Morgan fingerprint density at radius 2 is 2.00 bits per heavy atom. The number of rotatable bonds is 11. The van der Waals surface area contributed by atoms with Crippen LogP contribution in [0.2, 0.25) is 5.02 Å². The summed E-state index contributed by atoms with van der Waals surface area (Å²) in [6.07, 6.45) is 5.78. The van der Waals surface area contributed by atoms with Crippen LogP contribution in [0.1, 0.15) is 29.6 Å². The summed E-state index contributed by atoms with van der Waals surface area (Å²) in [5.74, 6) is 0.440. The summed E-state index contributed by atoms with van der Waals surface area (Å²) in [5, 5.41) is 3.65. The van der Waals surface area contributed by atoms with Gasteiger partial charge in [-0.05, 0) is 49.1 Å². The summed E-state index contributed by atoms with van der Waals surface area (Å²) in [7, 11) is 0. The highest BCUT2D eigenvalue weighted by molar-refractivity contribution is 6.31. The Bertz CT molecular complexity index is 843. The van der Waals surface area contributed by atoms with Crippen molar-refractivity contribution in [3.8, 4) is 5.75 Å². The van der Waals surface area contributed by atoms with Gasteiger partial charge in [-0.3, -0.25) is 14.6 Å². The Kier molecular flexibility index (Phi) is 7.30. The second-order valence-electron chi connectivity index (χ2n) is 7.10. The molecule has 0 radical (unpaired) electrons. The average Bonchev–Trinajstić information content (AvgIpc) is 3.52. The van der Waals surface area contributed by atoms with Gasteiger partial charge in [0.15, 0.2) is 0 Å². The monoisotopic (exact) mass is 416 g/mol. The SMILES string of the molecule is NC(=O)CCN(CC1CC1)C(=O)c1cc(Cl)cc(OCCNc2ccncc2)c1. The number of halogens is 1. The summed E-state index contributed by atoms with van der Waals surface area (Å²) in [6.45, 7) is 1.93. The Balaban J connectivity index is 1.60. The molecule has 29 heavy (non-hydrogen) atoms. The van der Waals surface area contributed by atoms with Crippen LogP contribution in [0.15, 0.2) is 42.7 Å². The smallest absolute Gasteiger partial charge is 0.254 e. The van der Waals surface area contributed by atoms with Gasteiger partial charge < -0.3 is 20.7 Å². The third kappa shape index (κ3) is 6.94. The lowest BCUT2D eigenvalue weighted by Crippen LogP contribution is -2.35. The Morgan fingerprint density at radius 3 is 2.69 bits per heavy atom. The summed E-state index contributed by atoms with van der Waals surface area (Å²) in [5.41, 5.74) is 6.66. The number of aromatic nitrogens is 1. The molecule has 1 aliphatic carbocycles. The van der Waals surface area contributed by atoms with Gasteiger partial charge in [-0.25, -0.2) is 0 Å². The molecule has 0 aliphatic heterocycles. The number of carbonyl (C=O) groups is 2. The van der Waals surface area contributed by atoms with Gasteiger partial charge in [0.05, 0.1) is 0 Å². The standard InChI is InChI=1S/C21H25ClN4O3/c22-17-11-16(21(28)26(9-5-20(23)27)14-15-1-2-15)12-19(13-17)29-10-8-25-18-3-6-24-7-4-18/h3-4,6-7,11-13,15H,1-2,5,8-10,14H2,(H2,23,27)(H,24,25). The first-order valence-corrected chi connectivity index (χ1v) is 10.0. The lowest BCUT2D eigenvalue weighted by Gasteiger charge is -2.22. The zero-order chi connectivity index (χ0) is 20.6. The number of pyridine rings is 1. The van der Waals surface area contributed by atoms with Crippen molar-refractivity contribution in [2.75, 3.05) is 31.6 Å². The van der Waals surface area contributed by atoms with Crippen molar-refractivity contribution in [2.24, 2.45) is 11.7 Å². The lowest BCUT2D eigenvalue weighted by atomic mass is 10.1. The van der Waals surface area contributed by atoms with Gasteiger partial charge >= 0.3 is 0 Å². The Morgan fingerprint density at radius 1 is 1.24 bits per heavy atom. The summed E-state index contributed by atoms with van der Waals surface area (Å²) < 4.78 is 5.76. The first kappa shape index (κ1) is 20.9. The van der Waals surface area contributed by atoms with Gasteiger partial charge in [0.2, 0.25) is 5.91 Å².